The number of halogens is 2. The first-order valence-corrected chi connectivity index (χ1v) is 8.58. The van der Waals surface area contributed by atoms with E-state index in [1.807, 2.05) is 30.3 Å². The Morgan fingerprint density at radius 2 is 1.70 bits per heavy atom. The van der Waals surface area contributed by atoms with E-state index in [1.54, 1.807) is 12.1 Å². The molecule has 2 fully saturated rings. The second-order valence-electron chi connectivity index (χ2n) is 6.46. The van der Waals surface area contributed by atoms with Gasteiger partial charge in [-0.1, -0.05) is 29.8 Å². The lowest BCUT2D eigenvalue weighted by Gasteiger charge is -2.36. The molecule has 0 radical (unpaired) electrons. The fourth-order valence-corrected chi connectivity index (χ4v) is 3.82. The van der Waals surface area contributed by atoms with E-state index in [0.717, 1.165) is 31.2 Å². The molecule has 0 amide bonds. The molecule has 2 aromatic carbocycles. The van der Waals surface area contributed by atoms with Crippen molar-refractivity contribution in [1.29, 1.82) is 0 Å². The number of hydrogen-bond acceptors (Lipinski definition) is 2. The van der Waals surface area contributed by atoms with E-state index in [1.165, 1.54) is 17.7 Å². The summed E-state index contributed by atoms with van der Waals surface area (Å²) in [6, 6.07) is 15.7. The van der Waals surface area contributed by atoms with Crippen LogP contribution in [0.4, 0.5) is 10.1 Å². The van der Waals surface area contributed by atoms with E-state index in [2.05, 4.69) is 15.9 Å². The van der Waals surface area contributed by atoms with Gasteiger partial charge < -0.3 is 4.90 Å². The second kappa shape index (κ2) is 6.14. The molecule has 1 saturated carbocycles. The molecule has 1 aliphatic heterocycles. The topological polar surface area (TPSA) is 6.48 Å². The van der Waals surface area contributed by atoms with Gasteiger partial charge in [0.25, 0.3) is 0 Å². The van der Waals surface area contributed by atoms with Crippen molar-refractivity contribution in [3.8, 4) is 0 Å². The van der Waals surface area contributed by atoms with E-state index >= 15 is 0 Å². The van der Waals surface area contributed by atoms with Gasteiger partial charge >= 0.3 is 0 Å². The van der Waals surface area contributed by atoms with Gasteiger partial charge in [0, 0.05) is 48.8 Å². The van der Waals surface area contributed by atoms with Crippen LogP contribution in [0.5, 0.6) is 0 Å². The third-order valence-electron chi connectivity index (χ3n) is 5.01. The molecule has 2 nitrogen and oxygen atoms in total. The lowest BCUT2D eigenvalue weighted by molar-refractivity contribution is 0.244. The molecule has 4 heteroatoms. The van der Waals surface area contributed by atoms with Crippen LogP contribution in [0.3, 0.4) is 0 Å². The molecule has 0 aromatic heterocycles. The van der Waals surface area contributed by atoms with Crippen molar-refractivity contribution < 1.29 is 4.39 Å². The minimum Gasteiger partial charge on any atom is -0.369 e. The van der Waals surface area contributed by atoms with E-state index in [9.17, 15) is 4.39 Å². The molecule has 0 unspecified atom stereocenters. The average Bonchev–Trinajstić information content (AvgIpc) is 3.36. The standard InChI is InChI=1S/C19H20ClFN2/c20-15-2-1-3-17(12-15)22-8-10-23(11-9-22)19-13-18(19)14-4-6-16(21)7-5-14/h1-7,12,18-19H,8-11,13H2/t18-,19+/m1/s1. The van der Waals surface area contributed by atoms with Crippen molar-refractivity contribution in [2.24, 2.45) is 0 Å². The van der Waals surface area contributed by atoms with E-state index in [-0.39, 0.29) is 5.82 Å². The highest BCUT2D eigenvalue weighted by atomic mass is 35.5. The molecule has 1 aliphatic carbocycles. The maximum atomic E-state index is 13.0. The Kier molecular flexibility index (Phi) is 4.00. The number of nitrogens with zero attached hydrogens (tertiary/aromatic N) is 2. The zero-order valence-corrected chi connectivity index (χ0v) is 13.7. The summed E-state index contributed by atoms with van der Waals surface area (Å²) in [5, 5.41) is 0.795. The number of piperazine rings is 1. The number of anilines is 1. The summed E-state index contributed by atoms with van der Waals surface area (Å²) in [6.07, 6.45) is 1.20. The van der Waals surface area contributed by atoms with Crippen LogP contribution >= 0.6 is 11.6 Å². The summed E-state index contributed by atoms with van der Waals surface area (Å²) >= 11 is 6.09. The van der Waals surface area contributed by atoms with Crippen LogP contribution in [0.15, 0.2) is 48.5 Å². The van der Waals surface area contributed by atoms with Gasteiger partial charge in [-0.15, -0.1) is 0 Å². The van der Waals surface area contributed by atoms with Crippen molar-refractivity contribution >= 4 is 17.3 Å². The van der Waals surface area contributed by atoms with Crippen LogP contribution in [0.2, 0.25) is 5.02 Å². The summed E-state index contributed by atoms with van der Waals surface area (Å²) in [4.78, 5) is 4.98. The van der Waals surface area contributed by atoms with Gasteiger partial charge in [-0.25, -0.2) is 4.39 Å². The Balaban J connectivity index is 1.35. The Labute approximate surface area is 141 Å². The normalized spacial score (nSPS) is 24.7. The predicted octanol–water partition coefficient (Wildman–Crippen LogP) is 4.16. The number of benzene rings is 2. The van der Waals surface area contributed by atoms with E-state index < -0.39 is 0 Å². The van der Waals surface area contributed by atoms with Gasteiger partial charge in [-0.2, -0.15) is 0 Å². The molecule has 1 heterocycles. The Morgan fingerprint density at radius 3 is 2.39 bits per heavy atom. The fraction of sp³-hybridized carbons (Fsp3) is 0.368. The molecule has 4 rings (SSSR count). The van der Waals surface area contributed by atoms with Crippen LogP contribution < -0.4 is 4.90 Å². The van der Waals surface area contributed by atoms with Gasteiger partial charge in [0.2, 0.25) is 0 Å². The maximum Gasteiger partial charge on any atom is 0.123 e. The molecule has 2 aliphatic rings. The highest BCUT2D eigenvalue weighted by molar-refractivity contribution is 6.30. The predicted molar refractivity (Wildman–Crippen MR) is 92.8 cm³/mol. The molecular weight excluding hydrogens is 311 g/mol. The summed E-state index contributed by atoms with van der Waals surface area (Å²) in [5.41, 5.74) is 2.48. The molecule has 23 heavy (non-hydrogen) atoms. The number of rotatable bonds is 3. The molecule has 2 aromatic rings. The smallest absolute Gasteiger partial charge is 0.123 e. The lowest BCUT2D eigenvalue weighted by Crippen LogP contribution is -2.47. The van der Waals surface area contributed by atoms with E-state index in [0.29, 0.717) is 12.0 Å². The van der Waals surface area contributed by atoms with Crippen molar-refractivity contribution in [2.75, 3.05) is 31.1 Å². The third kappa shape index (κ3) is 3.22. The monoisotopic (exact) mass is 330 g/mol. The minimum absolute atomic E-state index is 0.152. The SMILES string of the molecule is Fc1ccc([C@H]2C[C@@H]2N2CCN(c3cccc(Cl)c3)CC2)cc1. The van der Waals surface area contributed by atoms with Crippen molar-refractivity contribution in [1.82, 2.24) is 4.90 Å². The molecule has 120 valence electrons. The van der Waals surface area contributed by atoms with Gasteiger partial charge in [0.05, 0.1) is 0 Å². The molecule has 1 saturated heterocycles. The summed E-state index contributed by atoms with van der Waals surface area (Å²) in [7, 11) is 0. The summed E-state index contributed by atoms with van der Waals surface area (Å²) < 4.78 is 13.0. The Morgan fingerprint density at radius 1 is 0.957 bits per heavy atom. The largest absolute Gasteiger partial charge is 0.369 e. The van der Waals surface area contributed by atoms with Crippen LogP contribution in [0.1, 0.15) is 17.9 Å². The van der Waals surface area contributed by atoms with Crippen LogP contribution in [0, 0.1) is 5.82 Å². The average molecular weight is 331 g/mol. The Bertz CT molecular complexity index is 680. The number of hydrogen-bond donors (Lipinski definition) is 0. The molecule has 0 spiro atoms. The molecule has 0 N–H and O–H groups in total. The quantitative estimate of drug-likeness (QED) is 0.834. The highest BCUT2D eigenvalue weighted by Gasteiger charge is 2.43. The van der Waals surface area contributed by atoms with Crippen LogP contribution in [-0.4, -0.2) is 37.1 Å². The van der Waals surface area contributed by atoms with E-state index in [4.69, 9.17) is 11.6 Å². The van der Waals surface area contributed by atoms with Gasteiger partial charge in [-0.05, 0) is 42.3 Å². The van der Waals surface area contributed by atoms with Crippen LogP contribution in [-0.2, 0) is 0 Å². The summed E-state index contributed by atoms with van der Waals surface area (Å²) in [5.74, 6) is 0.425. The second-order valence-corrected chi connectivity index (χ2v) is 6.90. The van der Waals surface area contributed by atoms with Crippen molar-refractivity contribution in [2.45, 2.75) is 18.4 Å². The maximum absolute atomic E-state index is 13.0. The highest BCUT2D eigenvalue weighted by Crippen LogP contribution is 2.45. The van der Waals surface area contributed by atoms with Crippen molar-refractivity contribution in [3.05, 3.63) is 64.9 Å². The first-order valence-electron chi connectivity index (χ1n) is 8.21. The fourth-order valence-electron chi connectivity index (χ4n) is 3.64. The first-order chi connectivity index (χ1) is 11.2. The van der Waals surface area contributed by atoms with Gasteiger partial charge in [0.15, 0.2) is 0 Å². The molecule has 0 bridgehead atoms. The van der Waals surface area contributed by atoms with Gasteiger partial charge in [-0.3, -0.25) is 4.90 Å². The molecular formula is C19H20ClFN2. The molecule has 2 atom stereocenters. The van der Waals surface area contributed by atoms with Crippen molar-refractivity contribution in [3.63, 3.8) is 0 Å². The third-order valence-corrected chi connectivity index (χ3v) is 5.25. The Hall–Kier alpha value is -1.58. The lowest BCUT2D eigenvalue weighted by atomic mass is 10.1. The minimum atomic E-state index is -0.152. The van der Waals surface area contributed by atoms with Crippen LogP contribution in [0.25, 0.3) is 0 Å². The summed E-state index contributed by atoms with van der Waals surface area (Å²) in [6.45, 7) is 4.23. The zero-order chi connectivity index (χ0) is 15.8. The first kappa shape index (κ1) is 15.0. The zero-order valence-electron chi connectivity index (χ0n) is 13.0. The van der Waals surface area contributed by atoms with Gasteiger partial charge in [0.1, 0.15) is 5.82 Å².